The van der Waals surface area contributed by atoms with Crippen molar-refractivity contribution in [2.75, 3.05) is 41.3 Å². The second-order valence-electron chi connectivity index (χ2n) is 6.84. The second kappa shape index (κ2) is 8.52. The lowest BCUT2D eigenvalue weighted by molar-refractivity contribution is -0.115. The summed E-state index contributed by atoms with van der Waals surface area (Å²) in [6.07, 6.45) is 0.342. The average molecular weight is 402 g/mol. The van der Waals surface area contributed by atoms with Gasteiger partial charge < -0.3 is 20.2 Å². The monoisotopic (exact) mass is 401 g/mol. The third-order valence-electron chi connectivity index (χ3n) is 4.96. The molecule has 0 saturated carbocycles. The molecule has 2 N–H and O–H groups in total. The highest BCUT2D eigenvalue weighted by molar-refractivity contribution is 6.30. The summed E-state index contributed by atoms with van der Waals surface area (Å²) in [7, 11) is 0. The first-order valence-corrected chi connectivity index (χ1v) is 9.70. The smallest absolute Gasteiger partial charge is 0.337 e. The third kappa shape index (κ3) is 4.39. The van der Waals surface area contributed by atoms with Crippen molar-refractivity contribution in [2.45, 2.75) is 20.3 Å². The number of aromatic carboxylic acids is 1. The van der Waals surface area contributed by atoms with Gasteiger partial charge in [0, 0.05) is 49.0 Å². The highest BCUT2D eigenvalue weighted by atomic mass is 35.5. The normalized spacial score (nSPS) is 14.1. The minimum absolute atomic E-state index is 0.144. The van der Waals surface area contributed by atoms with Gasteiger partial charge in [0.25, 0.3) is 0 Å². The first kappa shape index (κ1) is 20.0. The van der Waals surface area contributed by atoms with Crippen LogP contribution in [0.1, 0.15) is 29.3 Å². The van der Waals surface area contributed by atoms with Gasteiger partial charge in [-0.1, -0.05) is 24.6 Å². The topological polar surface area (TPSA) is 72.9 Å². The van der Waals surface area contributed by atoms with Gasteiger partial charge in [-0.3, -0.25) is 4.79 Å². The third-order valence-corrected chi connectivity index (χ3v) is 5.20. The van der Waals surface area contributed by atoms with E-state index in [2.05, 4.69) is 22.0 Å². The van der Waals surface area contributed by atoms with Crippen molar-refractivity contribution in [3.05, 3.63) is 52.5 Å². The number of aryl methyl sites for hydroxylation is 1. The van der Waals surface area contributed by atoms with Crippen LogP contribution in [0.15, 0.2) is 36.4 Å². The van der Waals surface area contributed by atoms with E-state index in [4.69, 9.17) is 11.6 Å². The molecule has 0 bridgehead atoms. The van der Waals surface area contributed by atoms with Crippen LogP contribution in [-0.2, 0) is 4.79 Å². The van der Waals surface area contributed by atoms with E-state index >= 15 is 0 Å². The van der Waals surface area contributed by atoms with E-state index in [1.807, 2.05) is 18.2 Å². The van der Waals surface area contributed by atoms with E-state index < -0.39 is 5.97 Å². The fourth-order valence-electron chi connectivity index (χ4n) is 3.42. The largest absolute Gasteiger partial charge is 0.478 e. The van der Waals surface area contributed by atoms with E-state index in [1.165, 1.54) is 11.6 Å². The van der Waals surface area contributed by atoms with Crippen LogP contribution in [0.25, 0.3) is 0 Å². The van der Waals surface area contributed by atoms with Gasteiger partial charge in [-0.2, -0.15) is 0 Å². The Morgan fingerprint density at radius 3 is 2.29 bits per heavy atom. The maximum Gasteiger partial charge on any atom is 0.337 e. The predicted octanol–water partition coefficient (Wildman–Crippen LogP) is 4.02. The Kier molecular flexibility index (Phi) is 6.09. The molecule has 0 unspecified atom stereocenters. The molecule has 28 heavy (non-hydrogen) atoms. The SMILES string of the molecule is CCC(=O)Nc1ccc(N2CCN(c3cc(Cl)ccc3C)CC2)c(C(=O)O)c1. The summed E-state index contributed by atoms with van der Waals surface area (Å²) in [5.74, 6) is -1.15. The van der Waals surface area contributed by atoms with Crippen LogP contribution in [-0.4, -0.2) is 43.2 Å². The molecule has 0 radical (unpaired) electrons. The number of amides is 1. The number of piperazine rings is 1. The quantitative estimate of drug-likeness (QED) is 0.791. The summed E-state index contributed by atoms with van der Waals surface area (Å²) in [6, 6.07) is 10.9. The Morgan fingerprint density at radius 2 is 1.68 bits per heavy atom. The van der Waals surface area contributed by atoms with Gasteiger partial charge in [0.05, 0.1) is 11.3 Å². The van der Waals surface area contributed by atoms with Gasteiger partial charge >= 0.3 is 5.97 Å². The summed E-state index contributed by atoms with van der Waals surface area (Å²) in [5.41, 5.74) is 3.65. The van der Waals surface area contributed by atoms with Crippen molar-refractivity contribution in [1.29, 1.82) is 0 Å². The van der Waals surface area contributed by atoms with E-state index in [1.54, 1.807) is 19.1 Å². The van der Waals surface area contributed by atoms with Crippen LogP contribution in [0.4, 0.5) is 17.1 Å². The Labute approximate surface area is 169 Å². The maximum atomic E-state index is 11.8. The number of halogens is 1. The molecule has 1 aliphatic rings. The number of carbonyl (C=O) groups is 2. The van der Waals surface area contributed by atoms with Crippen LogP contribution in [0.3, 0.4) is 0 Å². The van der Waals surface area contributed by atoms with Crippen molar-refractivity contribution in [2.24, 2.45) is 0 Å². The van der Waals surface area contributed by atoms with Crippen LogP contribution < -0.4 is 15.1 Å². The zero-order valence-electron chi connectivity index (χ0n) is 16.0. The zero-order chi connectivity index (χ0) is 20.3. The van der Waals surface area contributed by atoms with Crippen molar-refractivity contribution in [3.8, 4) is 0 Å². The summed E-state index contributed by atoms with van der Waals surface area (Å²) in [4.78, 5) is 27.7. The molecular formula is C21H24ClN3O3. The van der Waals surface area contributed by atoms with Crippen molar-refractivity contribution < 1.29 is 14.7 Å². The minimum atomic E-state index is -1.00. The van der Waals surface area contributed by atoms with Gasteiger partial charge in [-0.05, 0) is 42.8 Å². The summed E-state index contributed by atoms with van der Waals surface area (Å²) < 4.78 is 0. The molecule has 0 spiro atoms. The Hall–Kier alpha value is -2.73. The number of carboxylic acids is 1. The highest BCUT2D eigenvalue weighted by Crippen LogP contribution is 2.29. The van der Waals surface area contributed by atoms with Crippen LogP contribution >= 0.6 is 11.6 Å². The van der Waals surface area contributed by atoms with Gasteiger partial charge in [0.1, 0.15) is 0 Å². The molecule has 1 fully saturated rings. The molecule has 1 aliphatic heterocycles. The molecule has 148 valence electrons. The summed E-state index contributed by atoms with van der Waals surface area (Å²) in [5, 5.41) is 13.1. The van der Waals surface area contributed by atoms with Crippen molar-refractivity contribution in [1.82, 2.24) is 0 Å². The molecular weight excluding hydrogens is 378 g/mol. The van der Waals surface area contributed by atoms with Crippen LogP contribution in [0, 0.1) is 6.92 Å². The Balaban J connectivity index is 1.77. The first-order valence-electron chi connectivity index (χ1n) is 9.32. The minimum Gasteiger partial charge on any atom is -0.478 e. The summed E-state index contributed by atoms with van der Waals surface area (Å²) >= 11 is 6.15. The Bertz CT molecular complexity index is 892. The average Bonchev–Trinajstić information content (AvgIpc) is 2.70. The number of hydrogen-bond donors (Lipinski definition) is 2. The van der Waals surface area contributed by atoms with Crippen molar-refractivity contribution >= 4 is 40.5 Å². The molecule has 2 aromatic carbocycles. The fourth-order valence-corrected chi connectivity index (χ4v) is 3.59. The molecule has 0 aromatic heterocycles. The highest BCUT2D eigenvalue weighted by Gasteiger charge is 2.23. The Morgan fingerprint density at radius 1 is 1.04 bits per heavy atom. The molecule has 1 saturated heterocycles. The number of carboxylic acid groups (broad SMARTS) is 1. The summed E-state index contributed by atoms with van der Waals surface area (Å²) in [6.45, 7) is 6.76. The van der Waals surface area contributed by atoms with Crippen LogP contribution in [0.2, 0.25) is 5.02 Å². The molecule has 3 rings (SSSR count). The van der Waals surface area contributed by atoms with Gasteiger partial charge in [-0.25, -0.2) is 4.79 Å². The van der Waals surface area contributed by atoms with E-state index in [0.29, 0.717) is 35.9 Å². The lowest BCUT2D eigenvalue weighted by Gasteiger charge is -2.38. The molecule has 0 atom stereocenters. The standard InChI is InChI=1S/C21H24ClN3O3/c1-3-20(26)23-16-6-7-18(17(13-16)21(27)28)24-8-10-25(11-9-24)19-12-15(22)5-4-14(19)2/h4-7,12-13H,3,8-11H2,1-2H3,(H,23,26)(H,27,28). The number of rotatable bonds is 5. The number of nitrogens with one attached hydrogen (secondary N) is 1. The fraction of sp³-hybridized carbons (Fsp3) is 0.333. The number of carbonyl (C=O) groups excluding carboxylic acids is 1. The van der Waals surface area contributed by atoms with Crippen LogP contribution in [0.5, 0.6) is 0 Å². The lowest BCUT2D eigenvalue weighted by Crippen LogP contribution is -2.47. The molecule has 1 amide bonds. The van der Waals surface area contributed by atoms with Crippen molar-refractivity contribution in [3.63, 3.8) is 0 Å². The number of hydrogen-bond acceptors (Lipinski definition) is 4. The second-order valence-corrected chi connectivity index (χ2v) is 7.28. The molecule has 1 heterocycles. The molecule has 2 aromatic rings. The van der Waals surface area contributed by atoms with Gasteiger partial charge in [0.2, 0.25) is 5.91 Å². The number of anilines is 3. The molecule has 6 nitrogen and oxygen atoms in total. The zero-order valence-corrected chi connectivity index (χ0v) is 16.8. The predicted molar refractivity (Wildman–Crippen MR) is 113 cm³/mol. The number of nitrogens with zero attached hydrogens (tertiary/aromatic N) is 2. The van der Waals surface area contributed by atoms with Gasteiger partial charge in [0.15, 0.2) is 0 Å². The lowest BCUT2D eigenvalue weighted by atomic mass is 10.1. The molecule has 7 heteroatoms. The van der Waals surface area contributed by atoms with Gasteiger partial charge in [-0.15, -0.1) is 0 Å². The maximum absolute atomic E-state index is 11.8. The van der Waals surface area contributed by atoms with E-state index in [0.717, 1.165) is 18.8 Å². The number of benzene rings is 2. The van der Waals surface area contributed by atoms with E-state index in [-0.39, 0.29) is 11.5 Å². The van der Waals surface area contributed by atoms with E-state index in [9.17, 15) is 14.7 Å². The first-order chi connectivity index (χ1) is 13.4. The molecule has 0 aliphatic carbocycles.